The van der Waals surface area contributed by atoms with E-state index in [0.717, 1.165) is 24.0 Å². The number of unbranched alkanes of at least 4 members (excludes halogenated alkanes) is 2. The Balaban J connectivity index is 1.37. The SMILES string of the molecule is O=C1c2ccccc2C(=O)N1CCCCCC(O)(c1ccccc1)c1ccccc1. The van der Waals surface area contributed by atoms with E-state index in [1.54, 1.807) is 24.3 Å². The molecule has 4 heteroatoms. The van der Waals surface area contributed by atoms with Crippen LogP contribution in [0.25, 0.3) is 0 Å². The van der Waals surface area contributed by atoms with Crippen LogP contribution < -0.4 is 0 Å². The van der Waals surface area contributed by atoms with Crippen molar-refractivity contribution in [3.8, 4) is 0 Å². The Morgan fingerprint density at radius 3 is 1.60 bits per heavy atom. The number of hydrogen-bond donors (Lipinski definition) is 1. The molecule has 1 aliphatic heterocycles. The lowest BCUT2D eigenvalue weighted by atomic mass is 9.82. The van der Waals surface area contributed by atoms with Crippen LogP contribution in [0.3, 0.4) is 0 Å². The number of imide groups is 1. The van der Waals surface area contributed by atoms with Gasteiger partial charge < -0.3 is 5.11 Å². The van der Waals surface area contributed by atoms with Gasteiger partial charge in [0.2, 0.25) is 0 Å². The maximum atomic E-state index is 12.5. The zero-order valence-corrected chi connectivity index (χ0v) is 16.8. The van der Waals surface area contributed by atoms with Crippen molar-refractivity contribution in [2.24, 2.45) is 0 Å². The van der Waals surface area contributed by atoms with Gasteiger partial charge >= 0.3 is 0 Å². The Morgan fingerprint density at radius 2 is 1.10 bits per heavy atom. The standard InChI is InChI=1S/C26H25NO3/c28-24-22-16-8-9-17-23(22)25(29)27(24)19-11-3-10-18-26(30,20-12-4-1-5-13-20)21-14-6-2-7-15-21/h1-2,4-9,12-17,30H,3,10-11,18-19H2. The molecule has 4 rings (SSSR count). The fourth-order valence-corrected chi connectivity index (χ4v) is 4.15. The van der Waals surface area contributed by atoms with Crippen molar-refractivity contribution < 1.29 is 14.7 Å². The quantitative estimate of drug-likeness (QED) is 0.438. The van der Waals surface area contributed by atoms with Crippen molar-refractivity contribution >= 4 is 11.8 Å². The van der Waals surface area contributed by atoms with Gasteiger partial charge in [-0.1, -0.05) is 79.2 Å². The lowest BCUT2D eigenvalue weighted by Gasteiger charge is -2.29. The summed E-state index contributed by atoms with van der Waals surface area (Å²) in [5, 5.41) is 11.5. The van der Waals surface area contributed by atoms with E-state index in [2.05, 4.69) is 0 Å². The summed E-state index contributed by atoms with van der Waals surface area (Å²) in [5.41, 5.74) is 1.67. The molecule has 1 aliphatic rings. The van der Waals surface area contributed by atoms with Crippen molar-refractivity contribution in [1.29, 1.82) is 0 Å². The van der Waals surface area contributed by atoms with E-state index < -0.39 is 5.60 Å². The van der Waals surface area contributed by atoms with Gasteiger partial charge in [-0.05, 0) is 42.5 Å². The van der Waals surface area contributed by atoms with E-state index in [1.165, 1.54) is 4.90 Å². The van der Waals surface area contributed by atoms with Crippen molar-refractivity contribution in [3.63, 3.8) is 0 Å². The molecule has 30 heavy (non-hydrogen) atoms. The zero-order valence-electron chi connectivity index (χ0n) is 16.8. The largest absolute Gasteiger partial charge is 0.380 e. The van der Waals surface area contributed by atoms with Crippen molar-refractivity contribution in [1.82, 2.24) is 4.90 Å². The van der Waals surface area contributed by atoms with Crippen LogP contribution in [0.2, 0.25) is 0 Å². The minimum Gasteiger partial charge on any atom is -0.380 e. The number of rotatable bonds is 8. The Morgan fingerprint density at radius 1 is 0.633 bits per heavy atom. The van der Waals surface area contributed by atoms with Gasteiger partial charge in [0.1, 0.15) is 5.60 Å². The summed E-state index contributed by atoms with van der Waals surface area (Å²) in [5.74, 6) is -0.415. The highest BCUT2D eigenvalue weighted by atomic mass is 16.3. The van der Waals surface area contributed by atoms with Gasteiger partial charge in [0.05, 0.1) is 11.1 Å². The number of aliphatic hydroxyl groups is 1. The summed E-state index contributed by atoms with van der Waals surface area (Å²) < 4.78 is 0. The number of benzene rings is 3. The Labute approximate surface area is 176 Å². The molecule has 0 saturated heterocycles. The maximum absolute atomic E-state index is 12.5. The third-order valence-corrected chi connectivity index (χ3v) is 5.80. The van der Waals surface area contributed by atoms with E-state index in [0.29, 0.717) is 30.5 Å². The van der Waals surface area contributed by atoms with Crippen LogP contribution in [0.15, 0.2) is 84.9 Å². The van der Waals surface area contributed by atoms with Crippen LogP contribution in [0.1, 0.15) is 57.5 Å². The fourth-order valence-electron chi connectivity index (χ4n) is 4.15. The number of fused-ring (bicyclic) bond motifs is 1. The van der Waals surface area contributed by atoms with Gasteiger partial charge in [0, 0.05) is 6.54 Å². The van der Waals surface area contributed by atoms with Crippen LogP contribution in [-0.2, 0) is 5.60 Å². The van der Waals surface area contributed by atoms with Crippen LogP contribution in [-0.4, -0.2) is 28.4 Å². The average molecular weight is 399 g/mol. The van der Waals surface area contributed by atoms with E-state index >= 15 is 0 Å². The van der Waals surface area contributed by atoms with E-state index in [1.807, 2.05) is 60.7 Å². The first-order valence-electron chi connectivity index (χ1n) is 10.4. The fraction of sp³-hybridized carbons (Fsp3) is 0.231. The molecule has 0 aromatic heterocycles. The van der Waals surface area contributed by atoms with E-state index in [4.69, 9.17) is 0 Å². The number of nitrogens with zero attached hydrogens (tertiary/aromatic N) is 1. The Bertz CT molecular complexity index is 956. The topological polar surface area (TPSA) is 57.6 Å². The second-order valence-electron chi connectivity index (χ2n) is 7.71. The van der Waals surface area contributed by atoms with Crippen molar-refractivity contribution in [2.75, 3.05) is 6.54 Å². The first-order chi connectivity index (χ1) is 14.6. The number of carbonyl (C=O) groups is 2. The molecule has 3 aromatic carbocycles. The normalized spacial score (nSPS) is 13.6. The molecule has 0 fully saturated rings. The minimum absolute atomic E-state index is 0.208. The summed E-state index contributed by atoms with van der Waals surface area (Å²) in [6.07, 6.45) is 2.88. The summed E-state index contributed by atoms with van der Waals surface area (Å²) in [6.45, 7) is 0.404. The van der Waals surface area contributed by atoms with Crippen molar-refractivity contribution in [2.45, 2.75) is 31.3 Å². The second-order valence-corrected chi connectivity index (χ2v) is 7.71. The molecule has 4 nitrogen and oxygen atoms in total. The molecule has 0 atom stereocenters. The minimum atomic E-state index is -1.06. The molecular weight excluding hydrogens is 374 g/mol. The van der Waals surface area contributed by atoms with Gasteiger partial charge in [-0.3, -0.25) is 14.5 Å². The van der Waals surface area contributed by atoms with E-state index in [9.17, 15) is 14.7 Å². The molecule has 0 unspecified atom stereocenters. The zero-order chi connectivity index (χ0) is 21.0. The van der Waals surface area contributed by atoms with Crippen LogP contribution in [0.4, 0.5) is 0 Å². The van der Waals surface area contributed by atoms with Crippen LogP contribution in [0.5, 0.6) is 0 Å². The van der Waals surface area contributed by atoms with Gasteiger partial charge in [-0.2, -0.15) is 0 Å². The first-order valence-corrected chi connectivity index (χ1v) is 10.4. The summed E-state index contributed by atoms with van der Waals surface area (Å²) in [6, 6.07) is 26.4. The lowest BCUT2D eigenvalue weighted by Crippen LogP contribution is -2.31. The molecule has 0 saturated carbocycles. The smallest absolute Gasteiger partial charge is 0.261 e. The van der Waals surface area contributed by atoms with Crippen molar-refractivity contribution in [3.05, 3.63) is 107 Å². The molecule has 3 aromatic rings. The Hall–Kier alpha value is -3.24. The molecule has 0 spiro atoms. The number of carbonyl (C=O) groups excluding carboxylic acids is 2. The molecular formula is C26H25NO3. The highest BCUT2D eigenvalue weighted by Gasteiger charge is 2.35. The van der Waals surface area contributed by atoms with Crippen LogP contribution in [0, 0.1) is 0 Å². The molecule has 1 heterocycles. The highest BCUT2D eigenvalue weighted by Crippen LogP contribution is 2.34. The number of hydrogen-bond acceptors (Lipinski definition) is 3. The monoisotopic (exact) mass is 399 g/mol. The summed E-state index contributed by atoms with van der Waals surface area (Å²) in [4.78, 5) is 26.3. The first kappa shape index (κ1) is 20.0. The van der Waals surface area contributed by atoms with Gasteiger partial charge in [0.15, 0.2) is 0 Å². The maximum Gasteiger partial charge on any atom is 0.261 e. The predicted octanol–water partition coefficient (Wildman–Crippen LogP) is 4.78. The van der Waals surface area contributed by atoms with E-state index in [-0.39, 0.29) is 11.8 Å². The number of amides is 2. The molecule has 2 amide bonds. The molecule has 1 N–H and O–H groups in total. The van der Waals surface area contributed by atoms with Gasteiger partial charge in [-0.15, -0.1) is 0 Å². The average Bonchev–Trinajstić information content (AvgIpc) is 3.05. The lowest BCUT2D eigenvalue weighted by molar-refractivity contribution is 0.0625. The summed E-state index contributed by atoms with van der Waals surface area (Å²) in [7, 11) is 0. The third kappa shape index (κ3) is 3.79. The second kappa shape index (κ2) is 8.64. The molecule has 152 valence electrons. The van der Waals surface area contributed by atoms with Crippen LogP contribution >= 0.6 is 0 Å². The third-order valence-electron chi connectivity index (χ3n) is 5.80. The predicted molar refractivity (Wildman–Crippen MR) is 116 cm³/mol. The highest BCUT2D eigenvalue weighted by molar-refractivity contribution is 6.21. The summed E-state index contributed by atoms with van der Waals surface area (Å²) >= 11 is 0. The van der Waals surface area contributed by atoms with Gasteiger partial charge in [-0.25, -0.2) is 0 Å². The molecule has 0 bridgehead atoms. The molecule has 0 aliphatic carbocycles. The molecule has 0 radical (unpaired) electrons. The Kier molecular flexibility index (Phi) is 5.77. The van der Waals surface area contributed by atoms with Gasteiger partial charge in [0.25, 0.3) is 11.8 Å².